The van der Waals surface area contributed by atoms with Crippen LogP contribution in [0.4, 0.5) is 0 Å². The van der Waals surface area contributed by atoms with Crippen molar-refractivity contribution in [1.29, 1.82) is 0 Å². The molecule has 0 saturated carbocycles. The highest BCUT2D eigenvalue weighted by molar-refractivity contribution is 5.75. The van der Waals surface area contributed by atoms with Crippen molar-refractivity contribution in [3.63, 3.8) is 0 Å². The van der Waals surface area contributed by atoms with Crippen LogP contribution < -0.4 is 5.32 Å². The van der Waals surface area contributed by atoms with E-state index in [-0.39, 0.29) is 5.91 Å². The lowest BCUT2D eigenvalue weighted by atomic mass is 9.95. The van der Waals surface area contributed by atoms with E-state index in [1.807, 2.05) is 0 Å². The van der Waals surface area contributed by atoms with Gasteiger partial charge in [-0.15, -0.1) is 0 Å². The van der Waals surface area contributed by atoms with Crippen LogP contribution >= 0.6 is 0 Å². The van der Waals surface area contributed by atoms with Gasteiger partial charge in [0.25, 0.3) is 0 Å². The summed E-state index contributed by atoms with van der Waals surface area (Å²) in [6.45, 7) is 9.79. The third kappa shape index (κ3) is 10.6. The summed E-state index contributed by atoms with van der Waals surface area (Å²) < 4.78 is 0. The third-order valence-corrected chi connectivity index (χ3v) is 3.48. The average Bonchev–Trinajstić information content (AvgIpc) is 2.33. The van der Waals surface area contributed by atoms with Gasteiger partial charge in [0, 0.05) is 13.0 Å². The Bertz CT molecular complexity index is 201. The molecule has 0 heterocycles. The molecule has 0 fully saturated rings. The molecule has 0 aromatic heterocycles. The first kappa shape index (κ1) is 17.5. The zero-order valence-corrected chi connectivity index (χ0v) is 12.9. The minimum Gasteiger partial charge on any atom is -0.356 e. The van der Waals surface area contributed by atoms with Crippen molar-refractivity contribution in [3.05, 3.63) is 0 Å². The van der Waals surface area contributed by atoms with Crippen LogP contribution in [0.2, 0.25) is 0 Å². The van der Waals surface area contributed by atoms with Gasteiger partial charge in [-0.1, -0.05) is 59.8 Å². The molecule has 0 unspecified atom stereocenters. The zero-order valence-electron chi connectivity index (χ0n) is 12.9. The molecule has 0 spiro atoms. The van der Waals surface area contributed by atoms with Crippen LogP contribution in [0.1, 0.15) is 79.1 Å². The van der Waals surface area contributed by atoms with Crippen LogP contribution in [-0.4, -0.2) is 12.5 Å². The summed E-state index contributed by atoms with van der Waals surface area (Å²) in [5.41, 5.74) is 0. The maximum absolute atomic E-state index is 11.7. The fourth-order valence-corrected chi connectivity index (χ4v) is 2.30. The molecule has 108 valence electrons. The number of nitrogens with one attached hydrogen (secondary N) is 1. The molecular weight excluding hydrogens is 222 g/mol. The summed E-state index contributed by atoms with van der Waals surface area (Å²) in [6.07, 6.45) is 9.17. The van der Waals surface area contributed by atoms with Crippen LogP contribution in [0.3, 0.4) is 0 Å². The second-order valence-corrected chi connectivity index (χ2v) is 5.87. The van der Waals surface area contributed by atoms with E-state index >= 15 is 0 Å². The Kier molecular flexibility index (Phi) is 11.2. The summed E-state index contributed by atoms with van der Waals surface area (Å²) >= 11 is 0. The van der Waals surface area contributed by atoms with Crippen LogP contribution in [0.15, 0.2) is 0 Å². The lowest BCUT2D eigenvalue weighted by molar-refractivity contribution is -0.121. The Morgan fingerprint density at radius 2 is 1.72 bits per heavy atom. The van der Waals surface area contributed by atoms with Crippen LogP contribution in [0, 0.1) is 11.8 Å². The van der Waals surface area contributed by atoms with E-state index in [1.54, 1.807) is 0 Å². The summed E-state index contributed by atoms with van der Waals surface area (Å²) in [5, 5.41) is 3.09. The summed E-state index contributed by atoms with van der Waals surface area (Å²) in [7, 11) is 0. The molecule has 0 aliphatic heterocycles. The third-order valence-electron chi connectivity index (χ3n) is 3.48. The summed E-state index contributed by atoms with van der Waals surface area (Å²) in [6, 6.07) is 0. The molecule has 2 nitrogen and oxygen atoms in total. The van der Waals surface area contributed by atoms with Gasteiger partial charge in [-0.3, -0.25) is 4.79 Å². The minimum absolute atomic E-state index is 0.244. The second-order valence-electron chi connectivity index (χ2n) is 5.87. The summed E-state index contributed by atoms with van der Waals surface area (Å²) in [5.74, 6) is 1.61. The molecular formula is C16H33NO. The molecule has 18 heavy (non-hydrogen) atoms. The molecule has 0 aromatic carbocycles. The van der Waals surface area contributed by atoms with Gasteiger partial charge >= 0.3 is 0 Å². The fraction of sp³-hybridized carbons (Fsp3) is 0.938. The number of hydrogen-bond acceptors (Lipinski definition) is 1. The van der Waals surface area contributed by atoms with Gasteiger partial charge in [-0.25, -0.2) is 0 Å². The quantitative estimate of drug-likeness (QED) is 0.540. The highest BCUT2D eigenvalue weighted by Crippen LogP contribution is 2.14. The standard InChI is InChI=1S/C16H33NO/c1-5-7-8-9-10-11-16(18)17-13-15(6-2)12-14(3)4/h14-15H,5-13H2,1-4H3,(H,17,18)/t15-/m1/s1. The molecule has 2 heteroatoms. The number of rotatable bonds is 11. The normalized spacial score (nSPS) is 12.7. The van der Waals surface area contributed by atoms with Gasteiger partial charge < -0.3 is 5.32 Å². The Hall–Kier alpha value is -0.530. The van der Waals surface area contributed by atoms with E-state index in [0.717, 1.165) is 25.3 Å². The molecule has 1 N–H and O–H groups in total. The first-order valence-electron chi connectivity index (χ1n) is 7.86. The molecule has 0 radical (unpaired) electrons. The number of unbranched alkanes of at least 4 members (excludes halogenated alkanes) is 4. The Balaban J connectivity index is 3.55. The lowest BCUT2D eigenvalue weighted by Gasteiger charge is -2.17. The average molecular weight is 255 g/mol. The van der Waals surface area contributed by atoms with E-state index in [9.17, 15) is 4.79 Å². The van der Waals surface area contributed by atoms with Crippen molar-refractivity contribution < 1.29 is 4.79 Å². The number of amides is 1. The van der Waals surface area contributed by atoms with Crippen molar-refractivity contribution >= 4 is 5.91 Å². The van der Waals surface area contributed by atoms with E-state index < -0.39 is 0 Å². The van der Waals surface area contributed by atoms with Crippen molar-refractivity contribution in [2.75, 3.05) is 6.54 Å². The van der Waals surface area contributed by atoms with Crippen LogP contribution in [-0.2, 0) is 4.79 Å². The largest absolute Gasteiger partial charge is 0.356 e. The monoisotopic (exact) mass is 255 g/mol. The molecule has 0 aliphatic rings. The first-order chi connectivity index (χ1) is 8.60. The van der Waals surface area contributed by atoms with E-state index in [4.69, 9.17) is 0 Å². The fourth-order valence-electron chi connectivity index (χ4n) is 2.30. The van der Waals surface area contributed by atoms with Crippen molar-refractivity contribution in [1.82, 2.24) is 5.32 Å². The van der Waals surface area contributed by atoms with Gasteiger partial charge in [0.05, 0.1) is 0 Å². The second kappa shape index (κ2) is 11.6. The van der Waals surface area contributed by atoms with Crippen LogP contribution in [0.5, 0.6) is 0 Å². The zero-order chi connectivity index (χ0) is 13.8. The minimum atomic E-state index is 0.244. The Morgan fingerprint density at radius 3 is 2.28 bits per heavy atom. The van der Waals surface area contributed by atoms with Gasteiger partial charge in [0.1, 0.15) is 0 Å². The van der Waals surface area contributed by atoms with Crippen molar-refractivity contribution in [2.24, 2.45) is 11.8 Å². The van der Waals surface area contributed by atoms with E-state index in [0.29, 0.717) is 12.3 Å². The highest BCUT2D eigenvalue weighted by Gasteiger charge is 2.10. The molecule has 1 atom stereocenters. The van der Waals surface area contributed by atoms with Crippen molar-refractivity contribution in [3.8, 4) is 0 Å². The maximum atomic E-state index is 11.7. The van der Waals surface area contributed by atoms with E-state index in [2.05, 4.69) is 33.0 Å². The van der Waals surface area contributed by atoms with Gasteiger partial charge in [0.15, 0.2) is 0 Å². The Morgan fingerprint density at radius 1 is 1.06 bits per heavy atom. The lowest BCUT2D eigenvalue weighted by Crippen LogP contribution is -2.29. The maximum Gasteiger partial charge on any atom is 0.220 e. The molecule has 0 rings (SSSR count). The molecule has 0 bridgehead atoms. The predicted octanol–water partition coefficient (Wildman–Crippen LogP) is 4.54. The van der Waals surface area contributed by atoms with Gasteiger partial charge in [0.2, 0.25) is 5.91 Å². The van der Waals surface area contributed by atoms with Crippen molar-refractivity contribution in [2.45, 2.75) is 79.1 Å². The molecule has 0 aromatic rings. The van der Waals surface area contributed by atoms with E-state index in [1.165, 1.54) is 32.1 Å². The van der Waals surface area contributed by atoms with Gasteiger partial charge in [-0.05, 0) is 24.7 Å². The highest BCUT2D eigenvalue weighted by atomic mass is 16.1. The molecule has 0 saturated heterocycles. The SMILES string of the molecule is CCCCCCCC(=O)NC[C@H](CC)CC(C)C. The first-order valence-corrected chi connectivity index (χ1v) is 7.86. The predicted molar refractivity (Wildman–Crippen MR) is 79.6 cm³/mol. The number of carbonyl (C=O) groups is 1. The van der Waals surface area contributed by atoms with Gasteiger partial charge in [-0.2, -0.15) is 0 Å². The number of carbonyl (C=O) groups excluding carboxylic acids is 1. The smallest absolute Gasteiger partial charge is 0.220 e. The molecule has 0 aliphatic carbocycles. The summed E-state index contributed by atoms with van der Waals surface area (Å²) in [4.78, 5) is 11.7. The Labute approximate surface area is 114 Å². The van der Waals surface area contributed by atoms with Crippen LogP contribution in [0.25, 0.3) is 0 Å². The topological polar surface area (TPSA) is 29.1 Å². The molecule has 1 amide bonds. The number of hydrogen-bond donors (Lipinski definition) is 1.